The van der Waals surface area contributed by atoms with Gasteiger partial charge in [-0.1, -0.05) is 0 Å². The fourth-order valence-electron chi connectivity index (χ4n) is 0.564. The molecule has 0 aliphatic heterocycles. The van der Waals surface area contributed by atoms with Crippen molar-refractivity contribution in [3.63, 3.8) is 0 Å². The second kappa shape index (κ2) is 2.23. The van der Waals surface area contributed by atoms with Gasteiger partial charge in [0.25, 0.3) is 0 Å². The van der Waals surface area contributed by atoms with Gasteiger partial charge in [-0.05, 0) is 6.92 Å². The molecule has 0 fully saturated rings. The maximum absolute atomic E-state index is 5.08. The SMILES string of the molecule is Cc1csc(=NN)n1C. The number of hydrogen-bond donors (Lipinski definition) is 1. The fourth-order valence-corrected chi connectivity index (χ4v) is 1.36. The maximum Gasteiger partial charge on any atom is 0.207 e. The van der Waals surface area contributed by atoms with Crippen LogP contribution in [0, 0.1) is 6.92 Å². The van der Waals surface area contributed by atoms with Crippen molar-refractivity contribution in [3.8, 4) is 0 Å². The van der Waals surface area contributed by atoms with E-state index in [2.05, 4.69) is 5.10 Å². The molecule has 0 aliphatic rings. The number of thiazole rings is 1. The highest BCUT2D eigenvalue weighted by Gasteiger charge is 1.91. The number of aromatic nitrogens is 1. The monoisotopic (exact) mass is 143 g/mol. The minimum atomic E-state index is 0.854. The first-order valence-corrected chi connectivity index (χ1v) is 3.48. The molecule has 1 aromatic rings. The quantitative estimate of drug-likeness (QED) is 0.408. The van der Waals surface area contributed by atoms with Crippen LogP contribution in [0.3, 0.4) is 0 Å². The van der Waals surface area contributed by atoms with Gasteiger partial charge in [0.05, 0.1) is 0 Å². The van der Waals surface area contributed by atoms with Crippen LogP contribution in [0.5, 0.6) is 0 Å². The van der Waals surface area contributed by atoms with E-state index < -0.39 is 0 Å². The maximum atomic E-state index is 5.08. The highest BCUT2D eigenvalue weighted by molar-refractivity contribution is 7.07. The number of nitrogens with zero attached hydrogens (tertiary/aromatic N) is 2. The van der Waals surface area contributed by atoms with E-state index in [4.69, 9.17) is 5.84 Å². The average molecular weight is 143 g/mol. The molecule has 3 nitrogen and oxygen atoms in total. The van der Waals surface area contributed by atoms with Crippen molar-refractivity contribution >= 4 is 11.3 Å². The average Bonchev–Trinajstić information content (AvgIpc) is 2.15. The Morgan fingerprint density at radius 3 is 2.67 bits per heavy atom. The van der Waals surface area contributed by atoms with Crippen LogP contribution in [0.1, 0.15) is 5.69 Å². The number of hydrogen-bond acceptors (Lipinski definition) is 3. The molecule has 1 heterocycles. The van der Waals surface area contributed by atoms with Gasteiger partial charge in [0, 0.05) is 18.1 Å². The van der Waals surface area contributed by atoms with E-state index in [0.717, 1.165) is 4.80 Å². The van der Waals surface area contributed by atoms with Gasteiger partial charge in [0.15, 0.2) is 0 Å². The van der Waals surface area contributed by atoms with Crippen molar-refractivity contribution in [1.29, 1.82) is 0 Å². The van der Waals surface area contributed by atoms with Gasteiger partial charge in [-0.15, -0.1) is 11.3 Å². The zero-order valence-corrected chi connectivity index (χ0v) is 6.27. The Labute approximate surface area is 57.4 Å². The minimum absolute atomic E-state index is 0.854. The van der Waals surface area contributed by atoms with E-state index in [1.165, 1.54) is 5.69 Å². The summed E-state index contributed by atoms with van der Waals surface area (Å²) >= 11 is 1.55. The van der Waals surface area contributed by atoms with E-state index in [-0.39, 0.29) is 0 Å². The zero-order chi connectivity index (χ0) is 6.85. The molecule has 0 radical (unpaired) electrons. The van der Waals surface area contributed by atoms with E-state index in [1.54, 1.807) is 11.3 Å². The molecule has 0 amide bonds. The lowest BCUT2D eigenvalue weighted by Gasteiger charge is -1.90. The molecule has 1 aromatic heterocycles. The summed E-state index contributed by atoms with van der Waals surface area (Å²) in [6, 6.07) is 0. The Kier molecular flexibility index (Phi) is 1.57. The van der Waals surface area contributed by atoms with Crippen LogP contribution in [0.25, 0.3) is 0 Å². The summed E-state index contributed by atoms with van der Waals surface area (Å²) in [5, 5.41) is 5.59. The fraction of sp³-hybridized carbons (Fsp3) is 0.400. The van der Waals surface area contributed by atoms with Crippen molar-refractivity contribution in [2.24, 2.45) is 18.0 Å². The van der Waals surface area contributed by atoms with E-state index in [0.29, 0.717) is 0 Å². The molecule has 0 saturated carbocycles. The summed E-state index contributed by atoms with van der Waals surface area (Å²) in [5.74, 6) is 5.08. The summed E-state index contributed by atoms with van der Waals surface area (Å²) in [6.45, 7) is 2.02. The van der Waals surface area contributed by atoms with Crippen molar-refractivity contribution < 1.29 is 0 Å². The molecular weight excluding hydrogens is 134 g/mol. The predicted molar refractivity (Wildman–Crippen MR) is 37.8 cm³/mol. The van der Waals surface area contributed by atoms with Crippen molar-refractivity contribution in [2.75, 3.05) is 0 Å². The lowest BCUT2D eigenvalue weighted by Crippen LogP contribution is -2.13. The molecule has 0 atom stereocenters. The van der Waals surface area contributed by atoms with Gasteiger partial charge in [-0.3, -0.25) is 0 Å². The minimum Gasteiger partial charge on any atom is -0.323 e. The lowest BCUT2D eigenvalue weighted by atomic mass is 10.6. The first kappa shape index (κ1) is 6.35. The highest BCUT2D eigenvalue weighted by atomic mass is 32.1. The molecule has 0 spiro atoms. The van der Waals surface area contributed by atoms with Crippen LogP contribution < -0.4 is 10.6 Å². The predicted octanol–water partition coefficient (Wildman–Crippen LogP) is 0.169. The summed E-state index contributed by atoms with van der Waals surface area (Å²) in [5.41, 5.74) is 1.18. The Hall–Kier alpha value is -0.770. The third-order valence-corrected chi connectivity index (χ3v) is 2.31. The number of rotatable bonds is 0. The molecule has 9 heavy (non-hydrogen) atoms. The highest BCUT2D eigenvalue weighted by Crippen LogP contribution is 1.94. The molecule has 0 aliphatic carbocycles. The number of aryl methyl sites for hydroxylation is 1. The molecule has 50 valence electrons. The third-order valence-electron chi connectivity index (χ3n) is 1.26. The number of nitrogens with two attached hydrogens (primary N) is 1. The molecule has 0 unspecified atom stereocenters. The molecule has 0 aromatic carbocycles. The van der Waals surface area contributed by atoms with Crippen LogP contribution >= 0.6 is 11.3 Å². The summed E-state index contributed by atoms with van der Waals surface area (Å²) in [4.78, 5) is 0.854. The second-order valence-electron chi connectivity index (χ2n) is 1.85. The van der Waals surface area contributed by atoms with Crippen LogP contribution in [-0.2, 0) is 7.05 Å². The Morgan fingerprint density at radius 1 is 1.78 bits per heavy atom. The van der Waals surface area contributed by atoms with Crippen LogP contribution in [-0.4, -0.2) is 4.57 Å². The van der Waals surface area contributed by atoms with Crippen molar-refractivity contribution in [1.82, 2.24) is 4.57 Å². The standard InChI is InChI=1S/C5H9N3S/c1-4-3-9-5(7-6)8(4)2/h3H,6H2,1-2H3. The Bertz CT molecular complexity index is 257. The van der Waals surface area contributed by atoms with Gasteiger partial charge in [-0.2, -0.15) is 5.10 Å². The van der Waals surface area contributed by atoms with Gasteiger partial charge < -0.3 is 10.4 Å². The van der Waals surface area contributed by atoms with E-state index in [9.17, 15) is 0 Å². The van der Waals surface area contributed by atoms with Gasteiger partial charge in [-0.25, -0.2) is 0 Å². The largest absolute Gasteiger partial charge is 0.323 e. The van der Waals surface area contributed by atoms with E-state index >= 15 is 0 Å². The molecule has 4 heteroatoms. The van der Waals surface area contributed by atoms with Crippen molar-refractivity contribution in [3.05, 3.63) is 15.9 Å². The van der Waals surface area contributed by atoms with Gasteiger partial charge in [0.2, 0.25) is 4.80 Å². The lowest BCUT2D eigenvalue weighted by molar-refractivity contribution is 0.820. The molecular formula is C5H9N3S. The Morgan fingerprint density at radius 2 is 2.44 bits per heavy atom. The summed E-state index contributed by atoms with van der Waals surface area (Å²) in [7, 11) is 1.94. The van der Waals surface area contributed by atoms with Crippen LogP contribution in [0.15, 0.2) is 10.5 Å². The van der Waals surface area contributed by atoms with Crippen LogP contribution in [0.2, 0.25) is 0 Å². The summed E-state index contributed by atoms with van der Waals surface area (Å²) in [6.07, 6.45) is 0. The second-order valence-corrected chi connectivity index (χ2v) is 2.68. The van der Waals surface area contributed by atoms with Gasteiger partial charge in [0.1, 0.15) is 0 Å². The van der Waals surface area contributed by atoms with Gasteiger partial charge >= 0.3 is 0 Å². The zero-order valence-electron chi connectivity index (χ0n) is 5.46. The first-order valence-electron chi connectivity index (χ1n) is 2.60. The Balaban J connectivity index is 3.37. The normalized spacial score (nSPS) is 12.4. The first-order chi connectivity index (χ1) is 4.25. The molecule has 0 saturated heterocycles. The topological polar surface area (TPSA) is 43.3 Å². The van der Waals surface area contributed by atoms with Crippen molar-refractivity contribution in [2.45, 2.75) is 6.92 Å². The van der Waals surface area contributed by atoms with E-state index in [1.807, 2.05) is 23.9 Å². The smallest absolute Gasteiger partial charge is 0.207 e. The third kappa shape index (κ3) is 0.977. The summed E-state index contributed by atoms with van der Waals surface area (Å²) < 4.78 is 1.95. The molecule has 1 rings (SSSR count). The molecule has 2 N–H and O–H groups in total. The van der Waals surface area contributed by atoms with Crippen LogP contribution in [0.4, 0.5) is 0 Å². The molecule has 0 bridgehead atoms.